The number of rotatable bonds is 6. The lowest BCUT2D eigenvalue weighted by molar-refractivity contribution is -0.149. The van der Waals surface area contributed by atoms with E-state index in [-0.39, 0.29) is 18.5 Å². The molecule has 0 heterocycles. The second kappa shape index (κ2) is 9.84. The van der Waals surface area contributed by atoms with Crippen molar-refractivity contribution < 1.29 is 9.53 Å². The fourth-order valence-electron chi connectivity index (χ4n) is 3.91. The molecule has 0 bridgehead atoms. The molecule has 2 aromatic carbocycles. The molecule has 0 unspecified atom stereocenters. The molecule has 6 heteroatoms. The van der Waals surface area contributed by atoms with Crippen LogP contribution in [-0.4, -0.2) is 31.1 Å². The maximum Gasteiger partial charge on any atom is 0.310 e. The summed E-state index contributed by atoms with van der Waals surface area (Å²) in [4.78, 5) is 14.5. The molecule has 29 heavy (non-hydrogen) atoms. The Balaban J connectivity index is 1.48. The highest BCUT2D eigenvalue weighted by molar-refractivity contribution is 6.38. The van der Waals surface area contributed by atoms with Gasteiger partial charge in [-0.05, 0) is 74.5 Å². The number of benzene rings is 2. The molecule has 0 aliphatic heterocycles. The molecule has 3 rings (SSSR count). The van der Waals surface area contributed by atoms with Crippen molar-refractivity contribution in [1.82, 2.24) is 4.90 Å². The molecule has 2 N–H and O–H groups in total. The van der Waals surface area contributed by atoms with Gasteiger partial charge in [0.05, 0.1) is 22.2 Å². The lowest BCUT2D eigenvalue weighted by atomic mass is 9.82. The predicted molar refractivity (Wildman–Crippen MR) is 120 cm³/mol. The quantitative estimate of drug-likeness (QED) is 0.484. The van der Waals surface area contributed by atoms with Crippen molar-refractivity contribution >= 4 is 34.9 Å². The average molecular weight is 435 g/mol. The second-order valence-corrected chi connectivity index (χ2v) is 8.91. The molecule has 1 aliphatic rings. The molecule has 156 valence electrons. The highest BCUT2D eigenvalue weighted by Gasteiger charge is 2.25. The third-order valence-electron chi connectivity index (χ3n) is 5.41. The average Bonchev–Trinajstić information content (AvgIpc) is 2.67. The first-order valence-corrected chi connectivity index (χ1v) is 10.7. The monoisotopic (exact) mass is 434 g/mol. The van der Waals surface area contributed by atoms with Crippen LogP contribution < -0.4 is 5.73 Å². The van der Waals surface area contributed by atoms with Crippen LogP contribution in [0.25, 0.3) is 0 Å². The Morgan fingerprint density at radius 3 is 2.17 bits per heavy atom. The third kappa shape index (κ3) is 6.11. The number of carbonyl (C=O) groups is 1. The van der Waals surface area contributed by atoms with Crippen molar-refractivity contribution in [1.29, 1.82) is 0 Å². The maximum absolute atomic E-state index is 12.3. The second-order valence-electron chi connectivity index (χ2n) is 8.09. The van der Waals surface area contributed by atoms with Crippen LogP contribution in [0.3, 0.4) is 0 Å². The first-order valence-electron chi connectivity index (χ1n) is 9.98. The van der Waals surface area contributed by atoms with E-state index in [0.29, 0.717) is 27.2 Å². The molecule has 0 spiro atoms. The first kappa shape index (κ1) is 21.9. The van der Waals surface area contributed by atoms with E-state index in [4.69, 9.17) is 33.7 Å². The fraction of sp³-hybridized carbons (Fsp3) is 0.435. The van der Waals surface area contributed by atoms with Gasteiger partial charge >= 0.3 is 5.97 Å². The number of ether oxygens (including phenoxy) is 1. The number of nitrogens with two attached hydrogens (primary N) is 1. The topological polar surface area (TPSA) is 55.6 Å². The summed E-state index contributed by atoms with van der Waals surface area (Å²) in [6.45, 7) is 0.952. The molecular weight excluding hydrogens is 407 g/mol. The zero-order chi connectivity index (χ0) is 21.0. The van der Waals surface area contributed by atoms with Crippen LogP contribution >= 0.6 is 23.2 Å². The van der Waals surface area contributed by atoms with Crippen molar-refractivity contribution in [2.24, 2.45) is 0 Å². The number of anilines is 1. The number of hydrogen-bond acceptors (Lipinski definition) is 4. The van der Waals surface area contributed by atoms with Gasteiger partial charge in [-0.1, -0.05) is 47.5 Å². The molecule has 4 nitrogen and oxygen atoms in total. The Bertz CT molecular complexity index is 821. The molecule has 1 saturated carbocycles. The predicted octanol–water partition coefficient (Wildman–Crippen LogP) is 5.45. The van der Waals surface area contributed by atoms with Crippen molar-refractivity contribution in [2.75, 3.05) is 19.8 Å². The number of hydrogen-bond donors (Lipinski definition) is 1. The summed E-state index contributed by atoms with van der Waals surface area (Å²) < 4.78 is 5.69. The van der Waals surface area contributed by atoms with Crippen LogP contribution in [0.15, 0.2) is 36.4 Å². The fourth-order valence-corrected chi connectivity index (χ4v) is 4.44. The number of esters is 1. The molecule has 0 aromatic heterocycles. The van der Waals surface area contributed by atoms with Gasteiger partial charge in [0.25, 0.3) is 0 Å². The van der Waals surface area contributed by atoms with E-state index in [9.17, 15) is 4.79 Å². The Hall–Kier alpha value is -1.75. The van der Waals surface area contributed by atoms with E-state index in [1.165, 1.54) is 11.1 Å². The highest BCUT2D eigenvalue weighted by atomic mass is 35.5. The summed E-state index contributed by atoms with van der Waals surface area (Å²) >= 11 is 12.1. The van der Waals surface area contributed by atoms with Crippen LogP contribution in [0, 0.1) is 0 Å². The van der Waals surface area contributed by atoms with E-state index in [1.54, 1.807) is 12.1 Å². The third-order valence-corrected chi connectivity index (χ3v) is 6.03. The Morgan fingerprint density at radius 1 is 1.03 bits per heavy atom. The van der Waals surface area contributed by atoms with Crippen LogP contribution in [-0.2, 0) is 22.5 Å². The lowest BCUT2D eigenvalue weighted by Crippen LogP contribution is -2.24. The highest BCUT2D eigenvalue weighted by Crippen LogP contribution is 2.34. The summed E-state index contributed by atoms with van der Waals surface area (Å²) in [6.07, 6.45) is 3.96. The minimum Gasteiger partial charge on any atom is -0.462 e. The van der Waals surface area contributed by atoms with Gasteiger partial charge in [0, 0.05) is 6.54 Å². The molecule has 0 radical (unpaired) electrons. The van der Waals surface area contributed by atoms with E-state index in [0.717, 1.165) is 32.2 Å². The summed E-state index contributed by atoms with van der Waals surface area (Å²) in [5.74, 6) is 0.284. The molecule has 1 aliphatic carbocycles. The Labute approximate surface area is 182 Å². The van der Waals surface area contributed by atoms with Gasteiger partial charge in [0.15, 0.2) is 0 Å². The zero-order valence-electron chi connectivity index (χ0n) is 17.0. The summed E-state index contributed by atoms with van der Waals surface area (Å²) in [5.41, 5.74) is 9.49. The molecule has 0 amide bonds. The first-order chi connectivity index (χ1) is 13.8. The smallest absolute Gasteiger partial charge is 0.310 e. The summed E-state index contributed by atoms with van der Waals surface area (Å²) in [7, 11) is 4.15. The number of nitrogen functional groups attached to an aromatic ring is 1. The minimum atomic E-state index is -0.251. The zero-order valence-corrected chi connectivity index (χ0v) is 18.5. The van der Waals surface area contributed by atoms with Crippen LogP contribution in [0.1, 0.15) is 48.3 Å². The van der Waals surface area contributed by atoms with Crippen LogP contribution in [0.2, 0.25) is 10.0 Å². The SMILES string of the molecule is CN(C)Cc1ccc([C@H]2CC[C@H](OC(=O)Cc3cc(Cl)c(N)c(Cl)c3)CC2)cc1. The summed E-state index contributed by atoms with van der Waals surface area (Å²) in [5, 5.41) is 0.717. The van der Waals surface area contributed by atoms with Crippen LogP contribution in [0.5, 0.6) is 0 Å². The van der Waals surface area contributed by atoms with Gasteiger partial charge in [0.2, 0.25) is 0 Å². The molecule has 0 atom stereocenters. The van der Waals surface area contributed by atoms with E-state index >= 15 is 0 Å². The normalized spacial score (nSPS) is 19.3. The largest absolute Gasteiger partial charge is 0.462 e. The minimum absolute atomic E-state index is 0.0218. The lowest BCUT2D eigenvalue weighted by Gasteiger charge is -2.28. The summed E-state index contributed by atoms with van der Waals surface area (Å²) in [6, 6.07) is 12.2. The van der Waals surface area contributed by atoms with Gasteiger partial charge in [-0.15, -0.1) is 0 Å². The van der Waals surface area contributed by atoms with Gasteiger partial charge in [-0.25, -0.2) is 0 Å². The van der Waals surface area contributed by atoms with Gasteiger partial charge in [-0.2, -0.15) is 0 Å². The van der Waals surface area contributed by atoms with Gasteiger partial charge in [0.1, 0.15) is 6.10 Å². The molecule has 1 fully saturated rings. The van der Waals surface area contributed by atoms with E-state index in [1.807, 2.05) is 0 Å². The van der Waals surface area contributed by atoms with Crippen molar-refractivity contribution in [3.8, 4) is 0 Å². The van der Waals surface area contributed by atoms with Gasteiger partial charge in [-0.3, -0.25) is 4.79 Å². The van der Waals surface area contributed by atoms with Crippen molar-refractivity contribution in [3.63, 3.8) is 0 Å². The standard InChI is InChI=1S/C23H28Cl2N2O2/c1-27(2)14-15-3-5-17(6-4-15)18-7-9-19(10-8-18)29-22(28)13-16-11-20(24)23(26)21(25)12-16/h3-6,11-12,18-19H,7-10,13-14,26H2,1-2H3/t18-,19-. The van der Waals surface area contributed by atoms with E-state index in [2.05, 4.69) is 43.3 Å². The van der Waals surface area contributed by atoms with Crippen LogP contribution in [0.4, 0.5) is 5.69 Å². The number of carbonyl (C=O) groups excluding carboxylic acids is 1. The number of nitrogens with zero attached hydrogens (tertiary/aromatic N) is 1. The molecular formula is C23H28Cl2N2O2. The Morgan fingerprint density at radius 2 is 1.62 bits per heavy atom. The molecule has 2 aromatic rings. The van der Waals surface area contributed by atoms with Gasteiger partial charge < -0.3 is 15.4 Å². The van der Waals surface area contributed by atoms with E-state index < -0.39 is 0 Å². The van der Waals surface area contributed by atoms with Crippen molar-refractivity contribution in [3.05, 3.63) is 63.1 Å². The Kier molecular flexibility index (Phi) is 7.44. The number of halogens is 2. The molecule has 0 saturated heterocycles. The maximum atomic E-state index is 12.3. The van der Waals surface area contributed by atoms with Crippen molar-refractivity contribution in [2.45, 2.75) is 50.7 Å².